The Kier molecular flexibility index (Phi) is 4.64. The van der Waals surface area contributed by atoms with Crippen molar-refractivity contribution in [3.8, 4) is 5.75 Å². The first-order valence-corrected chi connectivity index (χ1v) is 9.77. The van der Waals surface area contributed by atoms with Crippen molar-refractivity contribution in [1.82, 2.24) is 9.88 Å². The number of carbonyl (C=O) groups excluding carboxylic acids is 1. The van der Waals surface area contributed by atoms with E-state index in [0.717, 1.165) is 47.8 Å². The third kappa shape index (κ3) is 3.19. The predicted molar refractivity (Wildman–Crippen MR) is 105 cm³/mol. The summed E-state index contributed by atoms with van der Waals surface area (Å²) in [7, 11) is 1.64. The SMILES string of the molecule is COc1cc(C(=O)N2CCC[C@@H](c3nc4ccccc4s3)C2)ccc1C. The van der Waals surface area contributed by atoms with Gasteiger partial charge in [0.1, 0.15) is 5.75 Å². The van der Waals surface area contributed by atoms with Crippen LogP contribution in [0.15, 0.2) is 42.5 Å². The molecule has 1 aliphatic rings. The van der Waals surface area contributed by atoms with E-state index in [-0.39, 0.29) is 5.91 Å². The maximum Gasteiger partial charge on any atom is 0.254 e. The minimum Gasteiger partial charge on any atom is -0.496 e. The minimum absolute atomic E-state index is 0.0779. The molecule has 4 rings (SSSR count). The second kappa shape index (κ2) is 7.08. The van der Waals surface area contributed by atoms with Gasteiger partial charge >= 0.3 is 0 Å². The molecule has 134 valence electrons. The summed E-state index contributed by atoms with van der Waals surface area (Å²) in [6, 6.07) is 13.9. The minimum atomic E-state index is 0.0779. The number of aromatic nitrogens is 1. The van der Waals surface area contributed by atoms with Crippen LogP contribution in [0.5, 0.6) is 5.75 Å². The van der Waals surface area contributed by atoms with Crippen molar-refractivity contribution in [1.29, 1.82) is 0 Å². The van der Waals surface area contributed by atoms with Gasteiger partial charge in [0, 0.05) is 24.6 Å². The number of hydrogen-bond donors (Lipinski definition) is 0. The topological polar surface area (TPSA) is 42.4 Å². The van der Waals surface area contributed by atoms with Crippen molar-refractivity contribution in [3.63, 3.8) is 0 Å². The number of nitrogens with zero attached hydrogens (tertiary/aromatic N) is 2. The first-order chi connectivity index (χ1) is 12.7. The van der Waals surface area contributed by atoms with Gasteiger partial charge in [-0.05, 0) is 49.6 Å². The second-order valence-corrected chi connectivity index (χ2v) is 7.86. The van der Waals surface area contributed by atoms with E-state index in [9.17, 15) is 4.79 Å². The highest BCUT2D eigenvalue weighted by molar-refractivity contribution is 7.18. The molecule has 1 atom stereocenters. The average Bonchev–Trinajstić information content (AvgIpc) is 3.12. The molecule has 0 spiro atoms. The monoisotopic (exact) mass is 366 g/mol. The van der Waals surface area contributed by atoms with Crippen LogP contribution in [0.3, 0.4) is 0 Å². The third-order valence-electron chi connectivity index (χ3n) is 5.02. The molecule has 2 heterocycles. The molecule has 0 radical (unpaired) electrons. The van der Waals surface area contributed by atoms with Crippen molar-refractivity contribution in [2.45, 2.75) is 25.7 Å². The van der Waals surface area contributed by atoms with Crippen LogP contribution in [-0.2, 0) is 0 Å². The van der Waals surface area contributed by atoms with Gasteiger partial charge in [0.2, 0.25) is 0 Å². The average molecular weight is 366 g/mol. The van der Waals surface area contributed by atoms with Crippen molar-refractivity contribution >= 4 is 27.5 Å². The van der Waals surface area contributed by atoms with Gasteiger partial charge in [-0.2, -0.15) is 0 Å². The number of likely N-dealkylation sites (tertiary alicyclic amines) is 1. The van der Waals surface area contributed by atoms with E-state index in [1.807, 2.05) is 42.2 Å². The zero-order valence-corrected chi connectivity index (χ0v) is 15.9. The Bertz CT molecular complexity index is 917. The Morgan fingerprint density at radius 2 is 2.12 bits per heavy atom. The molecule has 1 amide bonds. The number of aryl methyl sites for hydroxylation is 1. The Labute approximate surface area is 157 Å². The molecule has 0 N–H and O–H groups in total. The van der Waals surface area contributed by atoms with E-state index in [4.69, 9.17) is 9.72 Å². The molecule has 0 saturated carbocycles. The highest BCUT2D eigenvalue weighted by Gasteiger charge is 2.27. The van der Waals surface area contributed by atoms with Crippen molar-refractivity contribution < 1.29 is 9.53 Å². The second-order valence-electron chi connectivity index (χ2n) is 6.79. The Morgan fingerprint density at radius 3 is 2.92 bits per heavy atom. The number of methoxy groups -OCH3 is 1. The van der Waals surface area contributed by atoms with Crippen LogP contribution in [0, 0.1) is 6.92 Å². The predicted octanol–water partition coefficient (Wildman–Crippen LogP) is 4.63. The van der Waals surface area contributed by atoms with E-state index < -0.39 is 0 Å². The van der Waals surface area contributed by atoms with Crippen LogP contribution in [0.4, 0.5) is 0 Å². The summed E-state index contributed by atoms with van der Waals surface area (Å²) >= 11 is 1.75. The van der Waals surface area contributed by atoms with Gasteiger partial charge in [-0.15, -0.1) is 11.3 Å². The van der Waals surface area contributed by atoms with Crippen molar-refractivity contribution in [2.75, 3.05) is 20.2 Å². The van der Waals surface area contributed by atoms with Gasteiger partial charge < -0.3 is 9.64 Å². The summed E-state index contributed by atoms with van der Waals surface area (Å²) < 4.78 is 6.59. The number of thiazole rings is 1. The molecular weight excluding hydrogens is 344 g/mol. The lowest BCUT2D eigenvalue weighted by molar-refractivity contribution is 0.0706. The van der Waals surface area contributed by atoms with E-state index in [0.29, 0.717) is 11.5 Å². The molecule has 0 unspecified atom stereocenters. The standard InChI is InChI=1S/C21H22N2O2S/c1-14-9-10-15(12-18(14)25-2)21(24)23-11-5-6-16(13-23)20-22-17-7-3-4-8-19(17)26-20/h3-4,7-10,12,16H,5-6,11,13H2,1-2H3/t16-/m1/s1. The van der Waals surface area contributed by atoms with Gasteiger partial charge in [0.25, 0.3) is 5.91 Å². The van der Waals surface area contributed by atoms with Crippen LogP contribution in [0.25, 0.3) is 10.2 Å². The maximum absolute atomic E-state index is 13.0. The number of carbonyl (C=O) groups is 1. The normalized spacial score (nSPS) is 17.5. The fourth-order valence-corrected chi connectivity index (χ4v) is 4.66. The number of rotatable bonds is 3. The molecule has 1 saturated heterocycles. The van der Waals surface area contributed by atoms with E-state index in [2.05, 4.69) is 12.1 Å². The molecule has 1 aromatic heterocycles. The van der Waals surface area contributed by atoms with E-state index in [1.165, 1.54) is 4.70 Å². The number of ether oxygens (including phenoxy) is 1. The lowest BCUT2D eigenvalue weighted by Gasteiger charge is -2.32. The maximum atomic E-state index is 13.0. The largest absolute Gasteiger partial charge is 0.496 e. The molecule has 0 aliphatic carbocycles. The van der Waals surface area contributed by atoms with Crippen molar-refractivity contribution in [2.24, 2.45) is 0 Å². The van der Waals surface area contributed by atoms with Crippen molar-refractivity contribution in [3.05, 3.63) is 58.6 Å². The van der Waals surface area contributed by atoms with E-state index >= 15 is 0 Å². The number of para-hydroxylation sites is 1. The molecule has 2 aromatic carbocycles. The summed E-state index contributed by atoms with van der Waals surface area (Å²) in [5, 5.41) is 1.14. The fraction of sp³-hybridized carbons (Fsp3) is 0.333. The lowest BCUT2D eigenvalue weighted by atomic mass is 9.98. The van der Waals surface area contributed by atoms with Crippen LogP contribution in [-0.4, -0.2) is 36.0 Å². The smallest absolute Gasteiger partial charge is 0.254 e. The van der Waals surface area contributed by atoms with Gasteiger partial charge in [-0.1, -0.05) is 18.2 Å². The summed E-state index contributed by atoms with van der Waals surface area (Å²) in [6.07, 6.45) is 2.09. The van der Waals surface area contributed by atoms with E-state index in [1.54, 1.807) is 18.4 Å². The number of benzene rings is 2. The number of piperidine rings is 1. The molecule has 0 bridgehead atoms. The zero-order chi connectivity index (χ0) is 18.1. The Balaban J connectivity index is 1.55. The first-order valence-electron chi connectivity index (χ1n) is 8.95. The highest BCUT2D eigenvalue weighted by atomic mass is 32.1. The van der Waals surface area contributed by atoms with Gasteiger partial charge in [0.15, 0.2) is 0 Å². The highest BCUT2D eigenvalue weighted by Crippen LogP contribution is 2.33. The summed E-state index contributed by atoms with van der Waals surface area (Å²) in [5.74, 6) is 1.15. The Morgan fingerprint density at radius 1 is 1.27 bits per heavy atom. The summed E-state index contributed by atoms with van der Waals surface area (Å²) in [6.45, 7) is 3.52. The van der Waals surface area contributed by atoms with Gasteiger partial charge in [-0.3, -0.25) is 4.79 Å². The van der Waals surface area contributed by atoms with Crippen LogP contribution in [0.1, 0.15) is 39.7 Å². The van der Waals surface area contributed by atoms with Gasteiger partial charge in [-0.25, -0.2) is 4.98 Å². The van der Waals surface area contributed by atoms with Crippen LogP contribution < -0.4 is 4.74 Å². The molecule has 26 heavy (non-hydrogen) atoms. The molecule has 5 heteroatoms. The van der Waals surface area contributed by atoms with Gasteiger partial charge in [0.05, 0.1) is 22.3 Å². The first kappa shape index (κ1) is 17.0. The third-order valence-corrected chi connectivity index (χ3v) is 6.22. The molecule has 1 fully saturated rings. The summed E-state index contributed by atoms with van der Waals surface area (Å²) in [5.41, 5.74) is 2.78. The Hall–Kier alpha value is -2.40. The number of hydrogen-bond acceptors (Lipinski definition) is 4. The molecule has 3 aromatic rings. The lowest BCUT2D eigenvalue weighted by Crippen LogP contribution is -2.39. The van der Waals surface area contributed by atoms with Crippen LogP contribution >= 0.6 is 11.3 Å². The number of amides is 1. The molecular formula is C21H22N2O2S. The zero-order valence-electron chi connectivity index (χ0n) is 15.1. The quantitative estimate of drug-likeness (QED) is 0.678. The summed E-state index contributed by atoms with van der Waals surface area (Å²) in [4.78, 5) is 19.7. The van der Waals surface area contributed by atoms with Crippen LogP contribution in [0.2, 0.25) is 0 Å². The number of fused-ring (bicyclic) bond motifs is 1. The molecule has 4 nitrogen and oxygen atoms in total. The fourth-order valence-electron chi connectivity index (χ4n) is 3.56. The molecule has 1 aliphatic heterocycles.